The zero-order valence-corrected chi connectivity index (χ0v) is 24.6. The van der Waals surface area contributed by atoms with Crippen LogP contribution in [0.5, 0.6) is 11.5 Å². The van der Waals surface area contributed by atoms with Crippen LogP contribution in [0, 0.1) is 0 Å². The molecule has 0 saturated carbocycles. The molecule has 2 atom stereocenters. The van der Waals surface area contributed by atoms with Crippen molar-refractivity contribution in [3.05, 3.63) is 53.1 Å². The average molecular weight is 580 g/mol. The van der Waals surface area contributed by atoms with E-state index in [-0.39, 0.29) is 43.8 Å². The van der Waals surface area contributed by atoms with Gasteiger partial charge >= 0.3 is 0 Å². The fourth-order valence-electron chi connectivity index (χ4n) is 4.36. The Hall–Kier alpha value is -2.98. The maximum atomic E-state index is 13.6. The number of nitrogens with one attached hydrogen (secondary N) is 1. The minimum atomic E-state index is -3.64. The van der Waals surface area contributed by atoms with Gasteiger partial charge in [0.05, 0.1) is 11.9 Å². The molecule has 3 rings (SSSR count). The average Bonchev–Trinajstić information content (AvgIpc) is 2.90. The maximum Gasteiger partial charge on any atom is 0.243 e. The van der Waals surface area contributed by atoms with E-state index in [1.54, 1.807) is 29.2 Å². The van der Waals surface area contributed by atoms with Crippen molar-refractivity contribution in [1.29, 1.82) is 0 Å². The number of fused-ring (bicyclic) bond motifs is 1. The van der Waals surface area contributed by atoms with E-state index >= 15 is 0 Å². The highest BCUT2D eigenvalue weighted by Gasteiger charge is 2.30. The standard InChI is InChI=1S/C28H38ClN3O6S/c1-5-20(3)30-28(34)24(6-2)31(19-21-10-7-8-11-23(21)29)27(33)12-9-15-32(39(4,35)36)22-13-14-25-26(18-22)38-17-16-37-25/h7-8,10-11,13-14,18,20,24H,5-6,9,12,15-17,19H2,1-4H3,(H,30,34)/t20-,24+/m1/s1. The number of halogens is 1. The second-order valence-electron chi connectivity index (χ2n) is 9.62. The van der Waals surface area contributed by atoms with Crippen LogP contribution in [0.25, 0.3) is 0 Å². The number of benzene rings is 2. The molecule has 0 spiro atoms. The summed E-state index contributed by atoms with van der Waals surface area (Å²) >= 11 is 6.39. The highest BCUT2D eigenvalue weighted by molar-refractivity contribution is 7.92. The Kier molecular flexibility index (Phi) is 10.9. The van der Waals surface area contributed by atoms with Crippen LogP contribution in [0.15, 0.2) is 42.5 Å². The molecule has 2 amide bonds. The van der Waals surface area contributed by atoms with Crippen molar-refractivity contribution in [2.24, 2.45) is 0 Å². The third-order valence-corrected chi connectivity index (χ3v) is 8.21. The van der Waals surface area contributed by atoms with Gasteiger partial charge in [0.2, 0.25) is 21.8 Å². The largest absolute Gasteiger partial charge is 0.486 e. The minimum absolute atomic E-state index is 0.0295. The lowest BCUT2D eigenvalue weighted by Gasteiger charge is -2.32. The Labute approximate surface area is 236 Å². The van der Waals surface area contributed by atoms with Crippen molar-refractivity contribution in [2.45, 2.75) is 65.1 Å². The van der Waals surface area contributed by atoms with E-state index in [9.17, 15) is 18.0 Å². The fraction of sp³-hybridized carbons (Fsp3) is 0.500. The van der Waals surface area contributed by atoms with Crippen molar-refractivity contribution < 1.29 is 27.5 Å². The number of ether oxygens (including phenoxy) is 2. The van der Waals surface area contributed by atoms with Crippen LogP contribution in [0.1, 0.15) is 52.0 Å². The summed E-state index contributed by atoms with van der Waals surface area (Å²) < 4.78 is 37.7. The SMILES string of the molecule is CC[C@@H](C)NC(=O)[C@H](CC)N(Cc1ccccc1Cl)C(=O)CCCN(c1ccc2c(c1)OCCO2)S(C)(=O)=O. The van der Waals surface area contributed by atoms with Crippen molar-refractivity contribution in [1.82, 2.24) is 10.2 Å². The molecule has 1 N–H and O–H groups in total. The number of hydrogen-bond donors (Lipinski definition) is 1. The lowest BCUT2D eigenvalue weighted by atomic mass is 10.1. The summed E-state index contributed by atoms with van der Waals surface area (Å²) in [7, 11) is -3.64. The molecule has 1 aliphatic rings. The topological polar surface area (TPSA) is 105 Å². The van der Waals surface area contributed by atoms with E-state index in [0.717, 1.165) is 18.2 Å². The molecular weight excluding hydrogens is 542 g/mol. The molecule has 0 fully saturated rings. The number of carbonyl (C=O) groups is 2. The van der Waals surface area contributed by atoms with E-state index in [1.165, 1.54) is 4.31 Å². The number of rotatable bonds is 13. The van der Waals surface area contributed by atoms with Gasteiger partial charge in [-0.05, 0) is 49.9 Å². The summed E-state index contributed by atoms with van der Waals surface area (Å²) in [5.41, 5.74) is 1.16. The zero-order chi connectivity index (χ0) is 28.6. The third-order valence-electron chi connectivity index (χ3n) is 6.65. The smallest absolute Gasteiger partial charge is 0.243 e. The van der Waals surface area contributed by atoms with Crippen molar-refractivity contribution in [2.75, 3.05) is 30.3 Å². The first-order valence-corrected chi connectivity index (χ1v) is 15.5. The van der Waals surface area contributed by atoms with Crippen LogP contribution in [-0.4, -0.2) is 63.2 Å². The Morgan fingerprint density at radius 3 is 2.38 bits per heavy atom. The zero-order valence-electron chi connectivity index (χ0n) is 23.0. The lowest BCUT2D eigenvalue weighted by Crippen LogP contribution is -2.50. The highest BCUT2D eigenvalue weighted by Crippen LogP contribution is 2.35. The second kappa shape index (κ2) is 13.9. The van der Waals surface area contributed by atoms with Gasteiger partial charge in [-0.25, -0.2) is 8.42 Å². The molecule has 39 heavy (non-hydrogen) atoms. The number of anilines is 1. The van der Waals surface area contributed by atoms with Gasteiger partial charge in [-0.3, -0.25) is 13.9 Å². The summed E-state index contributed by atoms with van der Waals surface area (Å²) in [5, 5.41) is 3.49. The summed E-state index contributed by atoms with van der Waals surface area (Å²) in [5.74, 6) is 0.565. The van der Waals surface area contributed by atoms with Crippen LogP contribution in [0.3, 0.4) is 0 Å². The van der Waals surface area contributed by atoms with Crippen LogP contribution >= 0.6 is 11.6 Å². The third kappa shape index (κ3) is 8.25. The van der Waals surface area contributed by atoms with Crippen molar-refractivity contribution in [3.8, 4) is 11.5 Å². The van der Waals surface area contributed by atoms with Gasteiger partial charge in [-0.2, -0.15) is 0 Å². The summed E-state index contributed by atoms with van der Waals surface area (Å²) in [6.45, 7) is 6.83. The molecule has 2 aromatic carbocycles. The van der Waals surface area contributed by atoms with Crippen LogP contribution < -0.4 is 19.1 Å². The molecule has 2 aromatic rings. The van der Waals surface area contributed by atoms with E-state index in [0.29, 0.717) is 41.8 Å². The molecule has 11 heteroatoms. The molecule has 0 aliphatic carbocycles. The van der Waals surface area contributed by atoms with Gasteiger partial charge in [0.25, 0.3) is 0 Å². The quantitative estimate of drug-likeness (QED) is 0.378. The summed E-state index contributed by atoms with van der Waals surface area (Å²) in [4.78, 5) is 28.3. The summed E-state index contributed by atoms with van der Waals surface area (Å²) in [6, 6.07) is 11.5. The van der Waals surface area contributed by atoms with E-state index in [4.69, 9.17) is 21.1 Å². The Balaban J connectivity index is 1.78. The van der Waals surface area contributed by atoms with Gasteiger partial charge < -0.3 is 19.7 Å². The Bertz CT molecular complexity index is 1260. The van der Waals surface area contributed by atoms with E-state index in [2.05, 4.69) is 5.32 Å². The fourth-order valence-corrected chi connectivity index (χ4v) is 5.51. The highest BCUT2D eigenvalue weighted by atomic mass is 35.5. The molecule has 0 radical (unpaired) electrons. The van der Waals surface area contributed by atoms with Gasteiger partial charge in [-0.15, -0.1) is 0 Å². The molecule has 214 valence electrons. The Morgan fingerprint density at radius 1 is 1.05 bits per heavy atom. The molecule has 1 aliphatic heterocycles. The first-order chi connectivity index (χ1) is 18.5. The van der Waals surface area contributed by atoms with Crippen molar-refractivity contribution in [3.63, 3.8) is 0 Å². The molecule has 0 saturated heterocycles. The van der Waals surface area contributed by atoms with Gasteiger partial charge in [0, 0.05) is 36.6 Å². The van der Waals surface area contributed by atoms with Crippen LogP contribution in [0.4, 0.5) is 5.69 Å². The normalized spacial score (nSPS) is 14.3. The first-order valence-electron chi connectivity index (χ1n) is 13.3. The molecule has 9 nitrogen and oxygen atoms in total. The number of carbonyl (C=O) groups excluding carboxylic acids is 2. The Morgan fingerprint density at radius 2 is 1.74 bits per heavy atom. The number of amides is 2. The molecule has 1 heterocycles. The van der Waals surface area contributed by atoms with Gasteiger partial charge in [-0.1, -0.05) is 43.6 Å². The predicted octanol–water partition coefficient (Wildman–Crippen LogP) is 4.38. The lowest BCUT2D eigenvalue weighted by molar-refractivity contribution is -0.141. The van der Waals surface area contributed by atoms with Crippen LogP contribution in [-0.2, 0) is 26.2 Å². The molecule has 0 bridgehead atoms. The van der Waals surface area contributed by atoms with Gasteiger partial charge in [0.15, 0.2) is 11.5 Å². The molecular formula is C28H38ClN3O6S. The first kappa shape index (κ1) is 30.6. The maximum absolute atomic E-state index is 13.6. The van der Waals surface area contributed by atoms with Crippen LogP contribution in [0.2, 0.25) is 5.02 Å². The monoisotopic (exact) mass is 579 g/mol. The molecule has 0 unspecified atom stereocenters. The van der Waals surface area contributed by atoms with Crippen molar-refractivity contribution >= 4 is 39.1 Å². The summed E-state index contributed by atoms with van der Waals surface area (Å²) in [6.07, 6.45) is 2.62. The number of hydrogen-bond acceptors (Lipinski definition) is 6. The predicted molar refractivity (Wildman–Crippen MR) is 153 cm³/mol. The number of nitrogens with zero attached hydrogens (tertiary/aromatic N) is 2. The second-order valence-corrected chi connectivity index (χ2v) is 11.9. The molecule has 0 aromatic heterocycles. The van der Waals surface area contributed by atoms with E-state index in [1.807, 2.05) is 39.0 Å². The van der Waals surface area contributed by atoms with Gasteiger partial charge in [0.1, 0.15) is 19.3 Å². The van der Waals surface area contributed by atoms with E-state index < -0.39 is 16.1 Å². The minimum Gasteiger partial charge on any atom is -0.486 e. The number of sulfonamides is 1.